The molecule has 92 valence electrons. The molecule has 1 fully saturated rings. The number of nitrogens with one attached hydrogen (secondary N) is 2. The number of aromatic nitrogens is 2. The van der Waals surface area contributed by atoms with E-state index in [1.165, 1.54) is 12.6 Å². The molecule has 1 aliphatic rings. The number of H-pyrrole nitrogens is 1. The molecule has 17 heavy (non-hydrogen) atoms. The first kappa shape index (κ1) is 11.9. The molecule has 1 aliphatic carbocycles. The quantitative estimate of drug-likeness (QED) is 0.825. The highest BCUT2D eigenvalue weighted by Gasteiger charge is 2.21. The third-order valence-corrected chi connectivity index (χ3v) is 4.33. The lowest BCUT2D eigenvalue weighted by Gasteiger charge is -2.24. The highest BCUT2D eigenvalue weighted by molar-refractivity contribution is 7.92. The molecule has 1 aromatic rings. The maximum Gasteiger partial charge on any atom is 0.233 e. The monoisotopic (exact) mass is 254 g/mol. The van der Waals surface area contributed by atoms with Gasteiger partial charge in [-0.15, -0.1) is 0 Å². The van der Waals surface area contributed by atoms with Gasteiger partial charge in [0.2, 0.25) is 10.0 Å². The maximum atomic E-state index is 11.7. The molecule has 0 bridgehead atoms. The van der Waals surface area contributed by atoms with E-state index in [0.717, 1.165) is 12.8 Å². The van der Waals surface area contributed by atoms with Crippen molar-refractivity contribution in [1.82, 2.24) is 10.2 Å². The molecule has 6 nitrogen and oxygen atoms in total. The highest BCUT2D eigenvalue weighted by atomic mass is 32.2. The summed E-state index contributed by atoms with van der Waals surface area (Å²) in [6.07, 6.45) is 5.44. The lowest BCUT2D eigenvalue weighted by molar-refractivity contribution is 0.307. The smallest absolute Gasteiger partial charge is 0.233 e. The second kappa shape index (κ2) is 4.75. The third kappa shape index (κ3) is 2.97. The average molecular weight is 254 g/mol. The van der Waals surface area contributed by atoms with Crippen LogP contribution >= 0.6 is 0 Å². The van der Waals surface area contributed by atoms with Crippen LogP contribution in [0.3, 0.4) is 0 Å². The van der Waals surface area contributed by atoms with Crippen LogP contribution in [0.5, 0.6) is 0 Å². The van der Waals surface area contributed by atoms with Crippen LogP contribution < -0.4 is 4.72 Å². The third-order valence-electron chi connectivity index (χ3n) is 3.04. The minimum atomic E-state index is -3.38. The first-order chi connectivity index (χ1) is 8.11. The summed E-state index contributed by atoms with van der Waals surface area (Å²) in [6, 6.07) is 1.86. The van der Waals surface area contributed by atoms with E-state index in [4.69, 9.17) is 5.26 Å². The van der Waals surface area contributed by atoms with Crippen molar-refractivity contribution < 1.29 is 8.42 Å². The fourth-order valence-corrected chi connectivity index (χ4v) is 2.97. The molecule has 1 saturated carbocycles. The van der Waals surface area contributed by atoms with Gasteiger partial charge in [-0.1, -0.05) is 19.3 Å². The summed E-state index contributed by atoms with van der Waals surface area (Å²) in [5.74, 6) is 0.798. The molecular weight excluding hydrogens is 240 g/mol. The van der Waals surface area contributed by atoms with Crippen molar-refractivity contribution in [2.75, 3.05) is 10.5 Å². The van der Waals surface area contributed by atoms with Crippen LogP contribution in [0.1, 0.15) is 31.2 Å². The van der Waals surface area contributed by atoms with Crippen LogP contribution in [-0.4, -0.2) is 24.4 Å². The summed E-state index contributed by atoms with van der Waals surface area (Å²) < 4.78 is 25.8. The fourth-order valence-electron chi connectivity index (χ4n) is 1.76. The minimum absolute atomic E-state index is 0.0988. The van der Waals surface area contributed by atoms with E-state index in [-0.39, 0.29) is 17.1 Å². The Labute approximate surface area is 100 Å². The molecule has 1 heterocycles. The lowest BCUT2D eigenvalue weighted by atomic mass is 9.84. The fraction of sp³-hybridized carbons (Fsp3) is 0.600. The molecule has 0 radical (unpaired) electrons. The highest BCUT2D eigenvalue weighted by Crippen LogP contribution is 2.29. The lowest BCUT2D eigenvalue weighted by Crippen LogP contribution is -2.22. The maximum absolute atomic E-state index is 11.7. The van der Waals surface area contributed by atoms with Crippen LogP contribution in [-0.2, 0) is 10.0 Å². The van der Waals surface area contributed by atoms with Crippen molar-refractivity contribution in [1.29, 1.82) is 5.26 Å². The summed E-state index contributed by atoms with van der Waals surface area (Å²) in [5, 5.41) is 14.8. The van der Waals surface area contributed by atoms with Gasteiger partial charge in [0.25, 0.3) is 0 Å². The number of nitrogens with zero attached hydrogens (tertiary/aromatic N) is 2. The molecule has 0 spiro atoms. The van der Waals surface area contributed by atoms with Crippen LogP contribution in [0.15, 0.2) is 6.20 Å². The van der Waals surface area contributed by atoms with E-state index < -0.39 is 10.0 Å². The van der Waals surface area contributed by atoms with E-state index >= 15 is 0 Å². The zero-order chi connectivity index (χ0) is 12.3. The van der Waals surface area contributed by atoms with Gasteiger partial charge >= 0.3 is 0 Å². The van der Waals surface area contributed by atoms with E-state index in [1.54, 1.807) is 0 Å². The normalized spacial score (nSPS) is 16.2. The Bertz CT molecular complexity index is 525. The molecule has 0 unspecified atom stereocenters. The number of rotatable bonds is 5. The number of sulfonamides is 1. The van der Waals surface area contributed by atoms with Gasteiger partial charge in [0.1, 0.15) is 11.6 Å². The van der Waals surface area contributed by atoms with E-state index in [1.807, 2.05) is 6.07 Å². The summed E-state index contributed by atoms with van der Waals surface area (Å²) >= 11 is 0. The van der Waals surface area contributed by atoms with Gasteiger partial charge in [0.15, 0.2) is 5.82 Å². The molecule has 2 N–H and O–H groups in total. The Morgan fingerprint density at radius 3 is 2.94 bits per heavy atom. The Morgan fingerprint density at radius 2 is 2.35 bits per heavy atom. The summed E-state index contributed by atoms with van der Waals surface area (Å²) in [6.45, 7) is 0. The summed E-state index contributed by atoms with van der Waals surface area (Å²) in [4.78, 5) is 0. The zero-order valence-electron chi connectivity index (χ0n) is 9.31. The van der Waals surface area contributed by atoms with Crippen LogP contribution in [0, 0.1) is 17.2 Å². The van der Waals surface area contributed by atoms with Gasteiger partial charge in [-0.2, -0.15) is 10.4 Å². The van der Waals surface area contributed by atoms with Crippen molar-refractivity contribution in [2.24, 2.45) is 5.92 Å². The molecule has 0 saturated heterocycles. The predicted molar refractivity (Wildman–Crippen MR) is 62.7 cm³/mol. The molecule has 7 heteroatoms. The number of hydrogen-bond donors (Lipinski definition) is 2. The Hall–Kier alpha value is -1.55. The van der Waals surface area contributed by atoms with Gasteiger partial charge in [0, 0.05) is 0 Å². The van der Waals surface area contributed by atoms with Gasteiger partial charge < -0.3 is 0 Å². The number of aromatic amines is 1. The van der Waals surface area contributed by atoms with Crippen molar-refractivity contribution in [3.8, 4) is 6.07 Å². The molecular formula is C10H14N4O2S. The molecule has 0 aromatic carbocycles. The summed E-state index contributed by atoms with van der Waals surface area (Å²) in [5.41, 5.74) is 0.206. The molecule has 0 aliphatic heterocycles. The number of hydrogen-bond acceptors (Lipinski definition) is 4. The van der Waals surface area contributed by atoms with Crippen molar-refractivity contribution in [3.05, 3.63) is 11.8 Å². The van der Waals surface area contributed by atoms with Crippen molar-refractivity contribution in [3.63, 3.8) is 0 Å². The second-order valence-electron chi connectivity index (χ2n) is 4.28. The van der Waals surface area contributed by atoms with Gasteiger partial charge in [-0.05, 0) is 12.3 Å². The average Bonchev–Trinajstić information content (AvgIpc) is 2.61. The van der Waals surface area contributed by atoms with Gasteiger partial charge in [-0.25, -0.2) is 8.42 Å². The predicted octanol–water partition coefficient (Wildman–Crippen LogP) is 1.21. The molecule has 2 rings (SSSR count). The minimum Gasteiger partial charge on any atom is -0.267 e. The Balaban J connectivity index is 1.94. The topological polar surface area (TPSA) is 98.6 Å². The molecule has 1 aromatic heterocycles. The van der Waals surface area contributed by atoms with E-state index in [2.05, 4.69) is 14.9 Å². The SMILES string of the molecule is N#Cc1cn[nH]c1NS(=O)(=O)CCC1CCC1. The number of nitriles is 1. The molecule has 0 atom stereocenters. The zero-order valence-corrected chi connectivity index (χ0v) is 10.1. The Kier molecular flexibility index (Phi) is 3.33. The largest absolute Gasteiger partial charge is 0.267 e. The van der Waals surface area contributed by atoms with Gasteiger partial charge in [0.05, 0.1) is 11.9 Å². The van der Waals surface area contributed by atoms with Gasteiger partial charge in [-0.3, -0.25) is 9.82 Å². The van der Waals surface area contributed by atoms with Crippen molar-refractivity contribution >= 4 is 15.8 Å². The summed E-state index contributed by atoms with van der Waals surface area (Å²) in [7, 11) is -3.38. The molecule has 0 amide bonds. The van der Waals surface area contributed by atoms with Crippen LogP contribution in [0.25, 0.3) is 0 Å². The standard InChI is InChI=1S/C10H14N4O2S/c11-6-9-7-12-13-10(9)14-17(15,16)5-4-8-2-1-3-8/h7-8H,1-5H2,(H2,12,13,14). The van der Waals surface area contributed by atoms with Crippen LogP contribution in [0.4, 0.5) is 5.82 Å². The first-order valence-corrected chi connectivity index (χ1v) is 7.20. The number of anilines is 1. The Morgan fingerprint density at radius 1 is 1.59 bits per heavy atom. The van der Waals surface area contributed by atoms with Crippen LogP contribution in [0.2, 0.25) is 0 Å². The van der Waals surface area contributed by atoms with E-state index in [9.17, 15) is 8.42 Å². The second-order valence-corrected chi connectivity index (χ2v) is 6.12. The van der Waals surface area contributed by atoms with E-state index in [0.29, 0.717) is 12.3 Å². The van der Waals surface area contributed by atoms with Crippen molar-refractivity contribution in [2.45, 2.75) is 25.7 Å². The first-order valence-electron chi connectivity index (χ1n) is 5.54.